The van der Waals surface area contributed by atoms with Gasteiger partial charge in [-0.1, -0.05) is 19.8 Å². The number of likely N-dealkylation sites (tertiary alicyclic amines) is 1. The van der Waals surface area contributed by atoms with Gasteiger partial charge in [-0.2, -0.15) is 0 Å². The first-order chi connectivity index (χ1) is 12.6. The molecule has 1 atom stereocenters. The van der Waals surface area contributed by atoms with Gasteiger partial charge in [-0.3, -0.25) is 14.6 Å². The zero-order valence-electron chi connectivity index (χ0n) is 16.4. The molecular weight excluding hydrogens is 330 g/mol. The van der Waals surface area contributed by atoms with Gasteiger partial charge in [0.1, 0.15) is 0 Å². The second-order valence-electron chi connectivity index (χ2n) is 7.26. The minimum Gasteiger partial charge on any atom is -0.357 e. The monoisotopic (exact) mass is 365 g/mol. The van der Waals surface area contributed by atoms with Crippen LogP contribution in [0.5, 0.6) is 0 Å². The lowest BCUT2D eigenvalue weighted by molar-refractivity contribution is -0.134. The maximum absolute atomic E-state index is 12.5. The highest BCUT2D eigenvalue weighted by Crippen LogP contribution is 2.27. The predicted octanol–water partition coefficient (Wildman–Crippen LogP) is 1.25. The Morgan fingerprint density at radius 2 is 1.88 bits per heavy atom. The average molecular weight is 366 g/mol. The van der Waals surface area contributed by atoms with Crippen LogP contribution in [0, 0.1) is 5.92 Å². The fourth-order valence-corrected chi connectivity index (χ4v) is 3.64. The highest BCUT2D eigenvalue weighted by atomic mass is 16.2. The molecule has 1 aliphatic carbocycles. The Balaban J connectivity index is 1.77. The van der Waals surface area contributed by atoms with E-state index in [0.29, 0.717) is 25.4 Å². The third-order valence-electron chi connectivity index (χ3n) is 5.07. The van der Waals surface area contributed by atoms with Crippen LogP contribution in [0.3, 0.4) is 0 Å². The molecule has 0 spiro atoms. The minimum atomic E-state index is 0.0423. The van der Waals surface area contributed by atoms with E-state index in [4.69, 9.17) is 0 Å². The molecule has 26 heavy (non-hydrogen) atoms. The van der Waals surface area contributed by atoms with E-state index >= 15 is 0 Å². The molecule has 7 heteroatoms. The molecule has 1 saturated carbocycles. The van der Waals surface area contributed by atoms with Gasteiger partial charge >= 0.3 is 0 Å². The van der Waals surface area contributed by atoms with Crippen molar-refractivity contribution in [2.24, 2.45) is 10.9 Å². The summed E-state index contributed by atoms with van der Waals surface area (Å²) in [4.78, 5) is 30.7. The Hall–Kier alpha value is -1.79. The highest BCUT2D eigenvalue weighted by Gasteiger charge is 2.32. The first kappa shape index (κ1) is 20.5. The van der Waals surface area contributed by atoms with Gasteiger partial charge in [-0.05, 0) is 32.6 Å². The van der Waals surface area contributed by atoms with Gasteiger partial charge in [0, 0.05) is 44.6 Å². The van der Waals surface area contributed by atoms with Crippen LogP contribution in [0.2, 0.25) is 0 Å². The second-order valence-corrected chi connectivity index (χ2v) is 7.26. The average Bonchev–Trinajstić information content (AvgIpc) is 3.31. The molecule has 0 aromatic carbocycles. The normalized spacial score (nSPS) is 21.1. The third kappa shape index (κ3) is 6.50. The first-order valence-electron chi connectivity index (χ1n) is 10.2. The van der Waals surface area contributed by atoms with Crippen LogP contribution in [0.1, 0.15) is 58.8 Å². The van der Waals surface area contributed by atoms with Crippen LogP contribution in [-0.2, 0) is 9.59 Å². The van der Waals surface area contributed by atoms with Gasteiger partial charge in [0.15, 0.2) is 5.96 Å². The maximum Gasteiger partial charge on any atom is 0.225 e. The maximum atomic E-state index is 12.5. The van der Waals surface area contributed by atoms with E-state index < -0.39 is 0 Å². The van der Waals surface area contributed by atoms with Crippen LogP contribution in [-0.4, -0.2) is 61.4 Å². The number of guanidine groups is 1. The minimum absolute atomic E-state index is 0.0423. The number of nitrogens with zero attached hydrogens (tertiary/aromatic N) is 2. The van der Waals surface area contributed by atoms with Crippen LogP contribution in [0.4, 0.5) is 0 Å². The molecule has 2 amide bonds. The van der Waals surface area contributed by atoms with Crippen molar-refractivity contribution in [3.63, 3.8) is 0 Å². The quantitative estimate of drug-likeness (QED) is 0.446. The Kier molecular flexibility index (Phi) is 8.71. The molecular formula is C19H35N5O2. The van der Waals surface area contributed by atoms with Gasteiger partial charge in [-0.15, -0.1) is 0 Å². The zero-order valence-corrected chi connectivity index (χ0v) is 16.4. The number of hydrogen-bond acceptors (Lipinski definition) is 3. The summed E-state index contributed by atoms with van der Waals surface area (Å²) in [5.74, 6) is 1.36. The van der Waals surface area contributed by atoms with Crippen LogP contribution in [0.25, 0.3) is 0 Å². The van der Waals surface area contributed by atoms with E-state index in [0.717, 1.165) is 51.3 Å². The van der Waals surface area contributed by atoms with Crippen molar-refractivity contribution in [3.8, 4) is 0 Å². The molecule has 0 aromatic rings. The van der Waals surface area contributed by atoms with Gasteiger partial charge in [0.05, 0.1) is 6.54 Å². The lowest BCUT2D eigenvalue weighted by atomic mass is 10.1. The van der Waals surface area contributed by atoms with Crippen molar-refractivity contribution in [2.45, 2.75) is 64.8 Å². The van der Waals surface area contributed by atoms with Crippen molar-refractivity contribution < 1.29 is 9.59 Å². The highest BCUT2D eigenvalue weighted by molar-refractivity contribution is 5.82. The predicted molar refractivity (Wildman–Crippen MR) is 104 cm³/mol. The standard InChI is InChI=1S/C19H35N5O2/c1-3-11-21-17(25)9-12-22-19(20-4-2)23-16-10-13-24(14-16)18(26)15-7-5-6-8-15/h15-16H,3-14H2,1-2H3,(H,21,25)(H2,20,22,23). The Labute approximate surface area is 157 Å². The molecule has 2 fully saturated rings. The van der Waals surface area contributed by atoms with Crippen molar-refractivity contribution >= 4 is 17.8 Å². The zero-order chi connectivity index (χ0) is 18.8. The molecule has 7 nitrogen and oxygen atoms in total. The fourth-order valence-electron chi connectivity index (χ4n) is 3.64. The van der Waals surface area contributed by atoms with E-state index in [1.165, 1.54) is 12.8 Å². The molecule has 0 radical (unpaired) electrons. The van der Waals surface area contributed by atoms with Gasteiger partial charge in [0.25, 0.3) is 0 Å². The molecule has 0 bridgehead atoms. The summed E-state index contributed by atoms with van der Waals surface area (Å²) in [6.07, 6.45) is 6.77. The Morgan fingerprint density at radius 3 is 2.58 bits per heavy atom. The van der Waals surface area contributed by atoms with Crippen molar-refractivity contribution in [3.05, 3.63) is 0 Å². The summed E-state index contributed by atoms with van der Waals surface area (Å²) in [6.45, 7) is 7.58. The number of carbonyl (C=O) groups excluding carboxylic acids is 2. The van der Waals surface area contributed by atoms with E-state index in [9.17, 15) is 9.59 Å². The van der Waals surface area contributed by atoms with Gasteiger partial charge in [-0.25, -0.2) is 0 Å². The van der Waals surface area contributed by atoms with Gasteiger partial charge in [0.2, 0.25) is 11.8 Å². The summed E-state index contributed by atoms with van der Waals surface area (Å²) in [7, 11) is 0. The van der Waals surface area contributed by atoms with E-state index in [1.807, 2.05) is 18.7 Å². The van der Waals surface area contributed by atoms with Crippen LogP contribution >= 0.6 is 0 Å². The SMILES string of the molecule is CCCNC(=O)CCN=C(NCC)NC1CCN(C(=O)C2CCCC2)C1. The van der Waals surface area contributed by atoms with E-state index in [-0.39, 0.29) is 17.9 Å². The summed E-state index contributed by atoms with van der Waals surface area (Å²) in [5, 5.41) is 9.51. The molecule has 3 N–H and O–H groups in total. The number of carbonyl (C=O) groups is 2. The lowest BCUT2D eigenvalue weighted by Crippen LogP contribution is -2.45. The van der Waals surface area contributed by atoms with Crippen LogP contribution in [0.15, 0.2) is 4.99 Å². The Bertz CT molecular complexity index is 488. The van der Waals surface area contributed by atoms with Crippen molar-refractivity contribution in [1.82, 2.24) is 20.9 Å². The second kappa shape index (κ2) is 11.0. The largest absolute Gasteiger partial charge is 0.357 e. The molecule has 148 valence electrons. The van der Waals surface area contributed by atoms with Gasteiger partial charge < -0.3 is 20.9 Å². The summed E-state index contributed by atoms with van der Waals surface area (Å²) < 4.78 is 0. The summed E-state index contributed by atoms with van der Waals surface area (Å²) in [6, 6.07) is 0.229. The molecule has 0 aromatic heterocycles. The van der Waals surface area contributed by atoms with E-state index in [2.05, 4.69) is 20.9 Å². The Morgan fingerprint density at radius 1 is 1.12 bits per heavy atom. The number of rotatable bonds is 8. The number of nitrogens with one attached hydrogen (secondary N) is 3. The fraction of sp³-hybridized carbons (Fsp3) is 0.842. The van der Waals surface area contributed by atoms with E-state index in [1.54, 1.807) is 0 Å². The molecule has 2 rings (SSSR count). The molecule has 1 saturated heterocycles. The summed E-state index contributed by atoms with van der Waals surface area (Å²) in [5.41, 5.74) is 0. The first-order valence-corrected chi connectivity index (χ1v) is 10.2. The molecule has 1 aliphatic heterocycles. The molecule has 2 aliphatic rings. The summed E-state index contributed by atoms with van der Waals surface area (Å²) >= 11 is 0. The van der Waals surface area contributed by atoms with Crippen LogP contribution < -0.4 is 16.0 Å². The number of hydrogen-bond donors (Lipinski definition) is 3. The topological polar surface area (TPSA) is 85.8 Å². The number of aliphatic imine (C=N–C) groups is 1. The number of amides is 2. The smallest absolute Gasteiger partial charge is 0.225 e. The molecule has 1 heterocycles. The molecule has 1 unspecified atom stereocenters. The van der Waals surface area contributed by atoms with Crippen molar-refractivity contribution in [2.75, 3.05) is 32.7 Å². The lowest BCUT2D eigenvalue weighted by Gasteiger charge is -2.21. The third-order valence-corrected chi connectivity index (χ3v) is 5.07. The van der Waals surface area contributed by atoms with Crippen molar-refractivity contribution in [1.29, 1.82) is 0 Å².